The largest absolute Gasteiger partial charge is 0.380 e. The van der Waals surface area contributed by atoms with Crippen molar-refractivity contribution in [2.45, 2.75) is 20.3 Å². The van der Waals surface area contributed by atoms with Gasteiger partial charge in [0.05, 0.1) is 13.2 Å². The molecule has 1 rings (SSSR count). The van der Waals surface area contributed by atoms with Crippen LogP contribution in [0.2, 0.25) is 0 Å². The molecule has 0 aromatic carbocycles. The van der Waals surface area contributed by atoms with Gasteiger partial charge in [0.1, 0.15) is 0 Å². The standard InChI is InChI=1S/C9H19NO/c1-8(2)5-9-6-10-3-4-11-7-9/h8-10H,3-7H2,1-2H3. The van der Waals surface area contributed by atoms with Crippen molar-refractivity contribution < 1.29 is 4.74 Å². The molecule has 1 saturated heterocycles. The van der Waals surface area contributed by atoms with Gasteiger partial charge in [-0.05, 0) is 18.3 Å². The van der Waals surface area contributed by atoms with Crippen LogP contribution in [-0.4, -0.2) is 26.3 Å². The maximum atomic E-state index is 5.45. The zero-order valence-electron chi connectivity index (χ0n) is 7.60. The third-order valence-corrected chi connectivity index (χ3v) is 2.01. The van der Waals surface area contributed by atoms with E-state index in [1.165, 1.54) is 6.42 Å². The van der Waals surface area contributed by atoms with Crippen molar-refractivity contribution >= 4 is 0 Å². The van der Waals surface area contributed by atoms with Gasteiger partial charge in [0.15, 0.2) is 0 Å². The summed E-state index contributed by atoms with van der Waals surface area (Å²) in [6.07, 6.45) is 1.28. The van der Waals surface area contributed by atoms with Gasteiger partial charge >= 0.3 is 0 Å². The average Bonchev–Trinajstić information content (AvgIpc) is 2.14. The molecule has 1 atom stereocenters. The second-order valence-electron chi connectivity index (χ2n) is 3.77. The van der Waals surface area contributed by atoms with E-state index in [1.54, 1.807) is 0 Å². The Bertz CT molecular complexity index is 95.7. The Kier molecular flexibility index (Phi) is 3.87. The second-order valence-corrected chi connectivity index (χ2v) is 3.77. The number of hydrogen-bond donors (Lipinski definition) is 1. The summed E-state index contributed by atoms with van der Waals surface area (Å²) < 4.78 is 5.45. The van der Waals surface area contributed by atoms with Crippen molar-refractivity contribution in [1.29, 1.82) is 0 Å². The molecule has 1 unspecified atom stereocenters. The lowest BCUT2D eigenvalue weighted by molar-refractivity contribution is 0.116. The third kappa shape index (κ3) is 3.73. The summed E-state index contributed by atoms with van der Waals surface area (Å²) in [6.45, 7) is 8.53. The Labute approximate surface area is 69.3 Å². The molecule has 1 fully saturated rings. The summed E-state index contributed by atoms with van der Waals surface area (Å²) in [4.78, 5) is 0. The first-order valence-electron chi connectivity index (χ1n) is 4.57. The summed E-state index contributed by atoms with van der Waals surface area (Å²) in [6, 6.07) is 0. The van der Waals surface area contributed by atoms with E-state index in [4.69, 9.17) is 4.74 Å². The van der Waals surface area contributed by atoms with Crippen LogP contribution in [0.5, 0.6) is 0 Å². The fourth-order valence-electron chi connectivity index (χ4n) is 1.58. The fraction of sp³-hybridized carbons (Fsp3) is 1.00. The molecule has 0 aromatic rings. The van der Waals surface area contributed by atoms with E-state index in [9.17, 15) is 0 Å². The predicted molar refractivity (Wildman–Crippen MR) is 46.6 cm³/mol. The van der Waals surface area contributed by atoms with Crippen LogP contribution in [0.1, 0.15) is 20.3 Å². The average molecular weight is 157 g/mol. The van der Waals surface area contributed by atoms with Gasteiger partial charge in [0, 0.05) is 13.1 Å². The maximum Gasteiger partial charge on any atom is 0.0591 e. The molecule has 2 heteroatoms. The second kappa shape index (κ2) is 4.73. The molecular weight excluding hydrogens is 138 g/mol. The van der Waals surface area contributed by atoms with E-state index in [0.717, 1.165) is 38.1 Å². The maximum absolute atomic E-state index is 5.45. The van der Waals surface area contributed by atoms with Crippen molar-refractivity contribution in [3.05, 3.63) is 0 Å². The number of ether oxygens (including phenoxy) is 1. The van der Waals surface area contributed by atoms with Gasteiger partial charge in [-0.2, -0.15) is 0 Å². The van der Waals surface area contributed by atoms with E-state index in [-0.39, 0.29) is 0 Å². The van der Waals surface area contributed by atoms with Crippen molar-refractivity contribution in [2.75, 3.05) is 26.3 Å². The Morgan fingerprint density at radius 2 is 2.36 bits per heavy atom. The van der Waals surface area contributed by atoms with Gasteiger partial charge in [-0.1, -0.05) is 13.8 Å². The predicted octanol–water partition coefficient (Wildman–Crippen LogP) is 1.27. The Morgan fingerprint density at radius 3 is 3.09 bits per heavy atom. The molecular formula is C9H19NO. The molecule has 1 aliphatic heterocycles. The molecule has 2 nitrogen and oxygen atoms in total. The van der Waals surface area contributed by atoms with Crippen LogP contribution in [-0.2, 0) is 4.74 Å². The van der Waals surface area contributed by atoms with Gasteiger partial charge in [0.2, 0.25) is 0 Å². The summed E-state index contributed by atoms with van der Waals surface area (Å²) >= 11 is 0. The highest BCUT2D eigenvalue weighted by atomic mass is 16.5. The Hall–Kier alpha value is -0.0800. The third-order valence-electron chi connectivity index (χ3n) is 2.01. The zero-order chi connectivity index (χ0) is 8.10. The van der Waals surface area contributed by atoms with Gasteiger partial charge in [-0.3, -0.25) is 0 Å². The number of hydrogen-bond acceptors (Lipinski definition) is 2. The first kappa shape index (κ1) is 9.01. The first-order chi connectivity index (χ1) is 5.29. The van der Waals surface area contributed by atoms with Gasteiger partial charge < -0.3 is 10.1 Å². The van der Waals surface area contributed by atoms with Crippen LogP contribution in [0.25, 0.3) is 0 Å². The molecule has 1 aliphatic rings. The first-order valence-corrected chi connectivity index (χ1v) is 4.57. The lowest BCUT2D eigenvalue weighted by Gasteiger charge is -2.15. The zero-order valence-corrected chi connectivity index (χ0v) is 7.60. The van der Waals surface area contributed by atoms with Gasteiger partial charge in [-0.25, -0.2) is 0 Å². The highest BCUT2D eigenvalue weighted by Gasteiger charge is 2.12. The van der Waals surface area contributed by atoms with E-state index >= 15 is 0 Å². The molecule has 0 radical (unpaired) electrons. The molecule has 11 heavy (non-hydrogen) atoms. The quantitative estimate of drug-likeness (QED) is 0.651. The van der Waals surface area contributed by atoms with Crippen LogP contribution >= 0.6 is 0 Å². The monoisotopic (exact) mass is 157 g/mol. The molecule has 0 aliphatic carbocycles. The van der Waals surface area contributed by atoms with Crippen LogP contribution in [0.15, 0.2) is 0 Å². The molecule has 1 N–H and O–H groups in total. The summed E-state index contributed by atoms with van der Waals surface area (Å²) in [7, 11) is 0. The minimum atomic E-state index is 0.734. The fourth-order valence-corrected chi connectivity index (χ4v) is 1.58. The van der Waals surface area contributed by atoms with Crippen molar-refractivity contribution in [3.8, 4) is 0 Å². The van der Waals surface area contributed by atoms with E-state index in [0.29, 0.717) is 0 Å². The molecule has 0 spiro atoms. The molecule has 66 valence electrons. The smallest absolute Gasteiger partial charge is 0.0591 e. The highest BCUT2D eigenvalue weighted by molar-refractivity contribution is 4.66. The van der Waals surface area contributed by atoms with Crippen LogP contribution in [0.4, 0.5) is 0 Å². The van der Waals surface area contributed by atoms with Crippen LogP contribution < -0.4 is 5.32 Å². The lowest BCUT2D eigenvalue weighted by atomic mass is 9.98. The molecule has 0 saturated carbocycles. The minimum absolute atomic E-state index is 0.734. The summed E-state index contributed by atoms with van der Waals surface area (Å²) in [5.74, 6) is 1.53. The van der Waals surface area contributed by atoms with Crippen molar-refractivity contribution in [1.82, 2.24) is 5.32 Å². The SMILES string of the molecule is CC(C)CC1CNCCOC1. The lowest BCUT2D eigenvalue weighted by Crippen LogP contribution is -2.23. The van der Waals surface area contributed by atoms with Gasteiger partial charge in [0.25, 0.3) is 0 Å². The molecule has 0 amide bonds. The summed E-state index contributed by atoms with van der Waals surface area (Å²) in [5.41, 5.74) is 0. The van der Waals surface area contributed by atoms with E-state index in [1.807, 2.05) is 0 Å². The topological polar surface area (TPSA) is 21.3 Å². The summed E-state index contributed by atoms with van der Waals surface area (Å²) in [5, 5.41) is 3.38. The van der Waals surface area contributed by atoms with E-state index in [2.05, 4.69) is 19.2 Å². The Morgan fingerprint density at radius 1 is 1.55 bits per heavy atom. The van der Waals surface area contributed by atoms with Crippen LogP contribution in [0.3, 0.4) is 0 Å². The Balaban J connectivity index is 2.20. The number of rotatable bonds is 2. The molecule has 0 bridgehead atoms. The number of nitrogens with one attached hydrogen (secondary N) is 1. The highest BCUT2D eigenvalue weighted by Crippen LogP contribution is 2.12. The van der Waals surface area contributed by atoms with E-state index < -0.39 is 0 Å². The molecule has 1 heterocycles. The minimum Gasteiger partial charge on any atom is -0.380 e. The van der Waals surface area contributed by atoms with Gasteiger partial charge in [-0.15, -0.1) is 0 Å². The van der Waals surface area contributed by atoms with Crippen molar-refractivity contribution in [3.63, 3.8) is 0 Å². The molecule has 0 aromatic heterocycles. The van der Waals surface area contributed by atoms with Crippen molar-refractivity contribution in [2.24, 2.45) is 11.8 Å². The van der Waals surface area contributed by atoms with Crippen LogP contribution in [0, 0.1) is 11.8 Å². The normalized spacial score (nSPS) is 27.0.